The van der Waals surface area contributed by atoms with Crippen molar-refractivity contribution in [3.8, 4) is 0 Å². The molecule has 29 heavy (non-hydrogen) atoms. The summed E-state index contributed by atoms with van der Waals surface area (Å²) >= 11 is 0. The fraction of sp³-hybridized carbons (Fsp3) is 0.739. The van der Waals surface area contributed by atoms with Gasteiger partial charge in [0.15, 0.2) is 0 Å². The Kier molecular flexibility index (Phi) is 7.49. The molecule has 1 aromatic carbocycles. The van der Waals surface area contributed by atoms with E-state index in [9.17, 15) is 8.42 Å². The predicted molar refractivity (Wildman–Crippen MR) is 123 cm³/mol. The number of piperidine rings is 1. The van der Waals surface area contributed by atoms with Crippen molar-refractivity contribution in [2.24, 2.45) is 17.8 Å². The summed E-state index contributed by atoms with van der Waals surface area (Å²) in [4.78, 5) is 2.52. The van der Waals surface area contributed by atoms with E-state index < -0.39 is 10.0 Å². The van der Waals surface area contributed by atoms with E-state index >= 15 is 0 Å². The van der Waals surface area contributed by atoms with E-state index in [1.54, 1.807) is 13.8 Å². The second-order valence-electron chi connectivity index (χ2n) is 9.71. The Bertz CT molecular complexity index is 730. The van der Waals surface area contributed by atoms with Crippen LogP contribution in [0.4, 0.5) is 11.4 Å². The lowest BCUT2D eigenvalue weighted by atomic mass is 9.86. The molecule has 1 unspecified atom stereocenters. The molecule has 0 aromatic heterocycles. The first-order chi connectivity index (χ1) is 13.7. The zero-order valence-electron chi connectivity index (χ0n) is 18.5. The molecular weight excluding hydrogens is 382 g/mol. The van der Waals surface area contributed by atoms with Crippen molar-refractivity contribution in [1.82, 2.24) is 4.72 Å². The van der Waals surface area contributed by atoms with Crippen LogP contribution in [0.25, 0.3) is 0 Å². The van der Waals surface area contributed by atoms with E-state index in [4.69, 9.17) is 0 Å². The summed E-state index contributed by atoms with van der Waals surface area (Å²) in [5.74, 6) is 2.13. The number of benzene rings is 1. The van der Waals surface area contributed by atoms with E-state index in [1.807, 2.05) is 0 Å². The topological polar surface area (TPSA) is 61.4 Å². The van der Waals surface area contributed by atoms with Crippen molar-refractivity contribution in [2.75, 3.05) is 29.9 Å². The number of nitrogens with zero attached hydrogens (tertiary/aromatic N) is 1. The van der Waals surface area contributed by atoms with Gasteiger partial charge < -0.3 is 10.2 Å². The monoisotopic (exact) mass is 421 g/mol. The Hall–Kier alpha value is -1.27. The summed E-state index contributed by atoms with van der Waals surface area (Å²) < 4.78 is 27.0. The summed E-state index contributed by atoms with van der Waals surface area (Å²) in [6.07, 6.45) is 5.34. The van der Waals surface area contributed by atoms with Gasteiger partial charge in [-0.05, 0) is 88.0 Å². The van der Waals surface area contributed by atoms with Gasteiger partial charge in [-0.3, -0.25) is 0 Å². The van der Waals surface area contributed by atoms with Crippen LogP contribution in [0.15, 0.2) is 24.3 Å². The molecule has 3 rings (SSSR count). The molecule has 1 aliphatic carbocycles. The molecule has 1 heterocycles. The fourth-order valence-electron chi connectivity index (χ4n) is 4.78. The van der Waals surface area contributed by atoms with Gasteiger partial charge in [-0.15, -0.1) is 0 Å². The maximum absolute atomic E-state index is 12.0. The number of hydrogen-bond donors (Lipinski definition) is 2. The van der Waals surface area contributed by atoms with Gasteiger partial charge in [0.25, 0.3) is 0 Å². The van der Waals surface area contributed by atoms with Crippen LogP contribution >= 0.6 is 0 Å². The molecule has 1 aliphatic heterocycles. The van der Waals surface area contributed by atoms with Crippen LogP contribution in [0.1, 0.15) is 59.8 Å². The van der Waals surface area contributed by atoms with Crippen molar-refractivity contribution in [3.05, 3.63) is 24.3 Å². The minimum absolute atomic E-state index is 0.104. The molecule has 2 atom stereocenters. The van der Waals surface area contributed by atoms with E-state index in [0.717, 1.165) is 57.2 Å². The van der Waals surface area contributed by atoms with Gasteiger partial charge in [0, 0.05) is 37.1 Å². The summed E-state index contributed by atoms with van der Waals surface area (Å²) in [5, 5.41) is 3.23. The number of anilines is 2. The molecule has 1 saturated heterocycles. The Morgan fingerprint density at radius 3 is 2.14 bits per heavy atom. The third-order valence-electron chi connectivity index (χ3n) is 6.49. The summed E-state index contributed by atoms with van der Waals surface area (Å²) in [6.45, 7) is 11.4. The fourth-order valence-corrected chi connectivity index (χ4v) is 5.75. The van der Waals surface area contributed by atoms with Crippen molar-refractivity contribution in [1.29, 1.82) is 0 Å². The van der Waals surface area contributed by atoms with Crippen LogP contribution in [-0.4, -0.2) is 39.3 Å². The molecule has 164 valence electrons. The third-order valence-corrected chi connectivity index (χ3v) is 8.40. The lowest BCUT2D eigenvalue weighted by Crippen LogP contribution is -2.41. The van der Waals surface area contributed by atoms with Crippen molar-refractivity contribution in [2.45, 2.75) is 71.1 Å². The molecule has 1 saturated carbocycles. The second-order valence-corrected chi connectivity index (χ2v) is 12.0. The standard InChI is InChI=1S/C23H39N3O2S/c1-17(2)29(27,28)25-22-7-5-20(6-8-22)14-24-21-9-11-23(12-10-21)26-15-18(3)13-19(4)16-26/h9-12,17-20,22,24-25H,5-8,13-16H2,1-4H3/t18-,19?,20?,22?/m1/s1. The highest BCUT2D eigenvalue weighted by molar-refractivity contribution is 7.90. The van der Waals surface area contributed by atoms with Gasteiger partial charge in [-0.2, -0.15) is 0 Å². The van der Waals surface area contributed by atoms with E-state index in [0.29, 0.717) is 5.92 Å². The van der Waals surface area contributed by atoms with Crippen LogP contribution in [-0.2, 0) is 10.0 Å². The van der Waals surface area contributed by atoms with Crippen molar-refractivity contribution in [3.63, 3.8) is 0 Å². The van der Waals surface area contributed by atoms with Crippen LogP contribution in [0, 0.1) is 17.8 Å². The van der Waals surface area contributed by atoms with Crippen LogP contribution < -0.4 is 14.9 Å². The van der Waals surface area contributed by atoms with Gasteiger partial charge >= 0.3 is 0 Å². The highest BCUT2D eigenvalue weighted by atomic mass is 32.2. The number of hydrogen-bond acceptors (Lipinski definition) is 4. The van der Waals surface area contributed by atoms with E-state index in [-0.39, 0.29) is 11.3 Å². The lowest BCUT2D eigenvalue weighted by molar-refractivity contribution is 0.323. The average Bonchev–Trinajstić information content (AvgIpc) is 2.67. The predicted octanol–water partition coefficient (Wildman–Crippen LogP) is 4.47. The summed E-state index contributed by atoms with van der Waals surface area (Å²) in [7, 11) is -3.16. The van der Waals surface area contributed by atoms with Crippen molar-refractivity contribution < 1.29 is 8.42 Å². The largest absolute Gasteiger partial charge is 0.385 e. The molecule has 6 heteroatoms. The van der Waals surface area contributed by atoms with Gasteiger partial charge in [0.1, 0.15) is 0 Å². The zero-order chi connectivity index (χ0) is 21.0. The molecule has 2 aliphatic rings. The van der Waals surface area contributed by atoms with Crippen molar-refractivity contribution >= 4 is 21.4 Å². The SMILES string of the molecule is CC1C[C@@H](C)CN(c2ccc(NCC3CCC(NS(=O)(=O)C(C)C)CC3)cc2)C1. The quantitative estimate of drug-likeness (QED) is 0.682. The lowest BCUT2D eigenvalue weighted by Gasteiger charge is -2.36. The highest BCUT2D eigenvalue weighted by Gasteiger charge is 2.26. The Morgan fingerprint density at radius 2 is 1.59 bits per heavy atom. The zero-order valence-corrected chi connectivity index (χ0v) is 19.3. The second kappa shape index (κ2) is 9.69. The first-order valence-electron chi connectivity index (χ1n) is 11.3. The van der Waals surface area contributed by atoms with Crippen LogP contribution in [0.5, 0.6) is 0 Å². The Balaban J connectivity index is 1.43. The maximum Gasteiger partial charge on any atom is 0.214 e. The Labute approximate surface area is 177 Å². The van der Waals surface area contributed by atoms with Gasteiger partial charge in [0.2, 0.25) is 10.0 Å². The molecule has 5 nitrogen and oxygen atoms in total. The molecular formula is C23H39N3O2S. The first kappa shape index (κ1) is 22.4. The molecule has 0 amide bonds. The van der Waals surface area contributed by atoms with Gasteiger partial charge in [0.05, 0.1) is 5.25 Å². The van der Waals surface area contributed by atoms with Gasteiger partial charge in [-0.25, -0.2) is 13.1 Å². The van der Waals surface area contributed by atoms with Gasteiger partial charge in [-0.1, -0.05) is 13.8 Å². The summed E-state index contributed by atoms with van der Waals surface area (Å²) in [5.41, 5.74) is 2.50. The molecule has 0 spiro atoms. The molecule has 2 N–H and O–H groups in total. The summed E-state index contributed by atoms with van der Waals surface area (Å²) in [6, 6.07) is 8.98. The van der Waals surface area contributed by atoms with E-state index in [2.05, 4.69) is 53.1 Å². The normalized spacial score (nSPS) is 28.5. The smallest absolute Gasteiger partial charge is 0.214 e. The minimum atomic E-state index is -3.16. The molecule has 0 bridgehead atoms. The minimum Gasteiger partial charge on any atom is -0.385 e. The Morgan fingerprint density at radius 1 is 1.00 bits per heavy atom. The van der Waals surface area contributed by atoms with E-state index in [1.165, 1.54) is 17.8 Å². The van der Waals surface area contributed by atoms with Crippen LogP contribution in [0.3, 0.4) is 0 Å². The number of nitrogens with one attached hydrogen (secondary N) is 2. The average molecular weight is 422 g/mol. The molecule has 1 aromatic rings. The maximum atomic E-state index is 12.0. The molecule has 0 radical (unpaired) electrons. The highest BCUT2D eigenvalue weighted by Crippen LogP contribution is 2.28. The number of sulfonamides is 1. The van der Waals surface area contributed by atoms with Crippen LogP contribution in [0.2, 0.25) is 0 Å². The molecule has 2 fully saturated rings. The third kappa shape index (κ3) is 6.35. The first-order valence-corrected chi connectivity index (χ1v) is 12.9. The number of rotatable bonds is 7.